The van der Waals surface area contributed by atoms with Gasteiger partial charge in [-0.2, -0.15) is 4.31 Å². The fourth-order valence-electron chi connectivity index (χ4n) is 1.71. The number of rotatable bonds is 2. The summed E-state index contributed by atoms with van der Waals surface area (Å²) >= 11 is 1.49. The molecule has 0 radical (unpaired) electrons. The first kappa shape index (κ1) is 12.8. The van der Waals surface area contributed by atoms with Crippen molar-refractivity contribution < 1.29 is 17.2 Å². The normalized spacial score (nSPS) is 21.9. The molecule has 1 aromatic carbocycles. The minimum absolute atomic E-state index is 0.202. The van der Waals surface area contributed by atoms with E-state index in [1.807, 2.05) is 0 Å². The summed E-state index contributed by atoms with van der Waals surface area (Å²) in [5.41, 5.74) is 0. The van der Waals surface area contributed by atoms with Crippen LogP contribution in [0, 0.1) is 11.6 Å². The highest BCUT2D eigenvalue weighted by Gasteiger charge is 2.33. The second kappa shape index (κ2) is 4.55. The zero-order valence-corrected chi connectivity index (χ0v) is 10.7. The lowest BCUT2D eigenvalue weighted by Crippen LogP contribution is -2.33. The number of benzene rings is 1. The summed E-state index contributed by atoms with van der Waals surface area (Å²) in [6.45, 7) is 2.12. The maximum Gasteiger partial charge on any atom is 0.244 e. The molecule has 1 aliphatic heterocycles. The average Bonchev–Trinajstić information content (AvgIpc) is 2.63. The molecule has 1 heterocycles. The molecule has 94 valence electrons. The van der Waals surface area contributed by atoms with Gasteiger partial charge in [0, 0.05) is 18.4 Å². The van der Waals surface area contributed by atoms with Crippen molar-refractivity contribution in [3.63, 3.8) is 0 Å². The topological polar surface area (TPSA) is 37.4 Å². The van der Waals surface area contributed by atoms with Crippen LogP contribution in [0.1, 0.15) is 6.92 Å². The van der Waals surface area contributed by atoms with Gasteiger partial charge >= 0.3 is 0 Å². The summed E-state index contributed by atoms with van der Waals surface area (Å²) in [7, 11) is -3.80. The predicted octanol–water partition coefficient (Wildman–Crippen LogP) is 2.05. The molecule has 1 unspecified atom stereocenters. The number of hydrogen-bond acceptors (Lipinski definition) is 3. The monoisotopic (exact) mass is 279 g/mol. The fourth-order valence-corrected chi connectivity index (χ4v) is 4.78. The van der Waals surface area contributed by atoms with Crippen LogP contribution in [0.4, 0.5) is 8.78 Å². The van der Waals surface area contributed by atoms with Gasteiger partial charge in [0.15, 0.2) is 0 Å². The van der Waals surface area contributed by atoms with Crippen LogP contribution < -0.4 is 0 Å². The van der Waals surface area contributed by atoms with Crippen molar-refractivity contribution in [2.75, 3.05) is 12.3 Å². The van der Waals surface area contributed by atoms with E-state index in [1.54, 1.807) is 6.92 Å². The van der Waals surface area contributed by atoms with Crippen molar-refractivity contribution >= 4 is 21.8 Å². The van der Waals surface area contributed by atoms with Crippen molar-refractivity contribution in [2.45, 2.75) is 17.2 Å². The van der Waals surface area contributed by atoms with Crippen molar-refractivity contribution in [3.05, 3.63) is 29.8 Å². The SMILES string of the molecule is CC1SCCN1S(=O)(=O)c1cc(F)cc(F)c1. The first-order chi connectivity index (χ1) is 7.91. The van der Waals surface area contributed by atoms with Crippen LogP contribution in [0.3, 0.4) is 0 Å². The van der Waals surface area contributed by atoms with Crippen LogP contribution in [-0.4, -0.2) is 30.4 Å². The van der Waals surface area contributed by atoms with E-state index in [4.69, 9.17) is 0 Å². The van der Waals surface area contributed by atoms with Crippen LogP contribution in [0.2, 0.25) is 0 Å². The third-order valence-electron chi connectivity index (χ3n) is 2.52. The molecule has 0 amide bonds. The van der Waals surface area contributed by atoms with Crippen LogP contribution in [0.25, 0.3) is 0 Å². The molecule has 0 aliphatic carbocycles. The van der Waals surface area contributed by atoms with Crippen LogP contribution in [-0.2, 0) is 10.0 Å². The third-order valence-corrected chi connectivity index (χ3v) is 5.76. The van der Waals surface area contributed by atoms with E-state index in [2.05, 4.69) is 0 Å². The molecule has 2 rings (SSSR count). The van der Waals surface area contributed by atoms with Gasteiger partial charge in [0.2, 0.25) is 10.0 Å². The van der Waals surface area contributed by atoms with Crippen molar-refractivity contribution in [2.24, 2.45) is 0 Å². The average molecular weight is 279 g/mol. The van der Waals surface area contributed by atoms with E-state index in [0.29, 0.717) is 18.4 Å². The van der Waals surface area contributed by atoms with E-state index in [-0.39, 0.29) is 10.3 Å². The lowest BCUT2D eigenvalue weighted by Gasteiger charge is -2.19. The van der Waals surface area contributed by atoms with E-state index >= 15 is 0 Å². The Morgan fingerprint density at radius 3 is 2.35 bits per heavy atom. The molecule has 0 N–H and O–H groups in total. The number of sulfonamides is 1. The molecule has 1 saturated heterocycles. The van der Waals surface area contributed by atoms with Gasteiger partial charge in [-0.3, -0.25) is 0 Å². The molecule has 0 spiro atoms. The second-order valence-electron chi connectivity index (χ2n) is 3.69. The standard InChI is InChI=1S/C10H11F2NO2S2/c1-7-13(2-3-16-7)17(14,15)10-5-8(11)4-9(12)6-10/h4-7H,2-3H2,1H3. The molecule has 0 saturated carbocycles. The highest BCUT2D eigenvalue weighted by Crippen LogP contribution is 2.29. The molecule has 1 aromatic rings. The van der Waals surface area contributed by atoms with Gasteiger partial charge in [-0.25, -0.2) is 17.2 Å². The van der Waals surface area contributed by atoms with Crippen molar-refractivity contribution in [3.8, 4) is 0 Å². The zero-order valence-electron chi connectivity index (χ0n) is 9.06. The minimum Gasteiger partial charge on any atom is -0.207 e. The summed E-state index contributed by atoms with van der Waals surface area (Å²) < 4.78 is 51.5. The summed E-state index contributed by atoms with van der Waals surface area (Å²) in [4.78, 5) is -0.329. The first-order valence-corrected chi connectivity index (χ1v) is 7.50. The fraction of sp³-hybridized carbons (Fsp3) is 0.400. The molecule has 0 bridgehead atoms. The van der Waals surface area contributed by atoms with Gasteiger partial charge in [0.05, 0.1) is 10.3 Å². The van der Waals surface area contributed by atoms with Gasteiger partial charge in [-0.15, -0.1) is 11.8 Å². The molecule has 1 atom stereocenters. The first-order valence-electron chi connectivity index (χ1n) is 5.01. The third kappa shape index (κ3) is 2.46. The Balaban J connectivity index is 2.44. The molecule has 7 heteroatoms. The number of thioether (sulfide) groups is 1. The highest BCUT2D eigenvalue weighted by molar-refractivity contribution is 8.01. The second-order valence-corrected chi connectivity index (χ2v) is 7.01. The van der Waals surface area contributed by atoms with Crippen LogP contribution >= 0.6 is 11.8 Å². The van der Waals surface area contributed by atoms with E-state index in [0.717, 1.165) is 12.1 Å². The molecule has 0 aromatic heterocycles. The lowest BCUT2D eigenvalue weighted by molar-refractivity contribution is 0.440. The summed E-state index contributed by atoms with van der Waals surface area (Å²) in [5, 5.41) is -0.202. The number of nitrogens with zero attached hydrogens (tertiary/aromatic N) is 1. The Bertz CT molecular complexity index is 513. The maximum atomic E-state index is 13.0. The van der Waals surface area contributed by atoms with Crippen LogP contribution in [0.5, 0.6) is 0 Å². The van der Waals surface area contributed by atoms with E-state index in [1.165, 1.54) is 16.1 Å². The van der Waals surface area contributed by atoms with E-state index < -0.39 is 21.7 Å². The molecule has 1 fully saturated rings. The predicted molar refractivity (Wildman–Crippen MR) is 62.2 cm³/mol. The Morgan fingerprint density at radius 2 is 1.88 bits per heavy atom. The van der Waals surface area contributed by atoms with E-state index in [9.17, 15) is 17.2 Å². The quantitative estimate of drug-likeness (QED) is 0.831. The van der Waals surface area contributed by atoms with Gasteiger partial charge in [-0.05, 0) is 19.1 Å². The zero-order chi connectivity index (χ0) is 12.6. The Labute approximate surface area is 103 Å². The highest BCUT2D eigenvalue weighted by atomic mass is 32.2. The summed E-state index contributed by atoms with van der Waals surface area (Å²) in [6.07, 6.45) is 0. The van der Waals surface area contributed by atoms with Crippen molar-refractivity contribution in [1.29, 1.82) is 0 Å². The smallest absolute Gasteiger partial charge is 0.207 e. The minimum atomic E-state index is -3.80. The molecular weight excluding hydrogens is 268 g/mol. The molecule has 3 nitrogen and oxygen atoms in total. The Morgan fingerprint density at radius 1 is 1.29 bits per heavy atom. The largest absolute Gasteiger partial charge is 0.244 e. The number of halogens is 2. The Kier molecular flexibility index (Phi) is 3.42. The molecular formula is C10H11F2NO2S2. The summed E-state index contributed by atoms with van der Waals surface area (Å²) in [6, 6.07) is 2.34. The molecule has 1 aliphatic rings. The van der Waals surface area contributed by atoms with Crippen LogP contribution in [0.15, 0.2) is 23.1 Å². The molecule has 17 heavy (non-hydrogen) atoms. The maximum absolute atomic E-state index is 13.0. The van der Waals surface area contributed by atoms with Gasteiger partial charge in [0.1, 0.15) is 11.6 Å². The summed E-state index contributed by atoms with van der Waals surface area (Å²) in [5.74, 6) is -1.08. The van der Waals surface area contributed by atoms with Gasteiger partial charge in [-0.1, -0.05) is 0 Å². The van der Waals surface area contributed by atoms with Gasteiger partial charge < -0.3 is 0 Å². The number of hydrogen-bond donors (Lipinski definition) is 0. The lowest BCUT2D eigenvalue weighted by atomic mass is 10.3. The van der Waals surface area contributed by atoms with Gasteiger partial charge in [0.25, 0.3) is 0 Å². The Hall–Kier alpha value is -0.660. The van der Waals surface area contributed by atoms with Crippen molar-refractivity contribution in [1.82, 2.24) is 4.31 Å².